The van der Waals surface area contributed by atoms with Gasteiger partial charge in [-0.2, -0.15) is 0 Å². The second-order valence-electron chi connectivity index (χ2n) is 2.54. The third kappa shape index (κ3) is 1.34. The monoisotopic (exact) mass is 260 g/mol. The first-order valence-electron chi connectivity index (χ1n) is 3.63. The smallest absolute Gasteiger partial charge is 0.138 e. The molecule has 0 N–H and O–H groups in total. The molecular formula is C9H6BrFOS. The highest BCUT2D eigenvalue weighted by atomic mass is 79.9. The zero-order chi connectivity index (χ0) is 9.42. The van der Waals surface area contributed by atoms with Gasteiger partial charge in [0.15, 0.2) is 0 Å². The number of benzene rings is 1. The van der Waals surface area contributed by atoms with Crippen molar-refractivity contribution in [2.24, 2.45) is 0 Å². The lowest BCUT2D eigenvalue weighted by atomic mass is 10.2. The Kier molecular flexibility index (Phi) is 2.26. The van der Waals surface area contributed by atoms with Crippen LogP contribution in [0.1, 0.15) is 0 Å². The normalized spacial score (nSPS) is 10.7. The molecule has 4 heteroatoms. The molecule has 0 unspecified atom stereocenters. The Morgan fingerprint density at radius 1 is 1.46 bits per heavy atom. The quantitative estimate of drug-likeness (QED) is 0.758. The van der Waals surface area contributed by atoms with E-state index in [0.717, 1.165) is 10.1 Å². The van der Waals surface area contributed by atoms with Crippen molar-refractivity contribution in [1.82, 2.24) is 0 Å². The molecule has 0 amide bonds. The van der Waals surface area contributed by atoms with Crippen molar-refractivity contribution >= 4 is 37.4 Å². The van der Waals surface area contributed by atoms with Crippen LogP contribution in [0.4, 0.5) is 4.39 Å². The summed E-state index contributed by atoms with van der Waals surface area (Å²) in [5, 5.41) is 2.68. The van der Waals surface area contributed by atoms with Gasteiger partial charge in [-0.05, 0) is 28.1 Å². The largest absolute Gasteiger partial charge is 0.495 e. The summed E-state index contributed by atoms with van der Waals surface area (Å²) >= 11 is 4.74. The molecule has 13 heavy (non-hydrogen) atoms. The lowest BCUT2D eigenvalue weighted by Gasteiger charge is -1.99. The molecule has 2 rings (SSSR count). The van der Waals surface area contributed by atoms with Gasteiger partial charge in [-0.15, -0.1) is 11.3 Å². The Morgan fingerprint density at radius 2 is 2.23 bits per heavy atom. The molecule has 0 saturated heterocycles. The molecule has 0 atom stereocenters. The van der Waals surface area contributed by atoms with E-state index in [2.05, 4.69) is 15.9 Å². The number of halogens is 2. The van der Waals surface area contributed by atoms with Crippen LogP contribution >= 0.6 is 27.3 Å². The summed E-state index contributed by atoms with van der Waals surface area (Å²) in [7, 11) is 1.58. The minimum Gasteiger partial charge on any atom is -0.495 e. The van der Waals surface area contributed by atoms with Crippen molar-refractivity contribution in [3.8, 4) is 5.75 Å². The number of methoxy groups -OCH3 is 1. The van der Waals surface area contributed by atoms with Gasteiger partial charge in [0.05, 0.1) is 17.0 Å². The summed E-state index contributed by atoms with van der Waals surface area (Å²) in [5.74, 6) is 0.454. The number of hydrogen-bond donors (Lipinski definition) is 0. The van der Waals surface area contributed by atoms with Crippen LogP contribution in [0.3, 0.4) is 0 Å². The number of thiophene rings is 1. The van der Waals surface area contributed by atoms with Gasteiger partial charge in [-0.25, -0.2) is 4.39 Å². The molecule has 1 aromatic heterocycles. The fraction of sp³-hybridized carbons (Fsp3) is 0.111. The predicted octanol–water partition coefficient (Wildman–Crippen LogP) is 3.81. The van der Waals surface area contributed by atoms with Crippen LogP contribution in [0, 0.1) is 5.82 Å². The number of hydrogen-bond acceptors (Lipinski definition) is 2. The number of fused-ring (bicyclic) bond motifs is 1. The Balaban J connectivity index is 2.85. The molecule has 0 aliphatic carbocycles. The predicted molar refractivity (Wildman–Crippen MR) is 56.0 cm³/mol. The van der Waals surface area contributed by atoms with Gasteiger partial charge in [0, 0.05) is 10.1 Å². The molecule has 1 aromatic carbocycles. The summed E-state index contributed by atoms with van der Waals surface area (Å²) in [6.07, 6.45) is 0. The zero-order valence-electron chi connectivity index (χ0n) is 6.80. The molecule has 0 spiro atoms. The molecule has 0 fully saturated rings. The van der Waals surface area contributed by atoms with Crippen LogP contribution in [0.5, 0.6) is 5.75 Å². The molecule has 0 radical (unpaired) electrons. The second kappa shape index (κ2) is 3.27. The summed E-state index contributed by atoms with van der Waals surface area (Å²) in [6.45, 7) is 0. The average molecular weight is 261 g/mol. The lowest BCUT2D eigenvalue weighted by Crippen LogP contribution is -1.82. The van der Waals surface area contributed by atoms with Gasteiger partial charge in [0.2, 0.25) is 0 Å². The van der Waals surface area contributed by atoms with Crippen molar-refractivity contribution in [2.75, 3.05) is 7.11 Å². The molecule has 1 heterocycles. The van der Waals surface area contributed by atoms with Crippen molar-refractivity contribution in [1.29, 1.82) is 0 Å². The van der Waals surface area contributed by atoms with E-state index in [1.807, 2.05) is 5.38 Å². The minimum absolute atomic E-state index is 0.260. The first kappa shape index (κ1) is 8.97. The van der Waals surface area contributed by atoms with E-state index in [4.69, 9.17) is 4.74 Å². The van der Waals surface area contributed by atoms with Crippen LogP contribution < -0.4 is 4.74 Å². The topological polar surface area (TPSA) is 9.23 Å². The second-order valence-corrected chi connectivity index (χ2v) is 4.24. The lowest BCUT2D eigenvalue weighted by molar-refractivity contribution is 0.421. The maximum Gasteiger partial charge on any atom is 0.138 e. The first-order chi connectivity index (χ1) is 6.24. The van der Waals surface area contributed by atoms with Crippen molar-refractivity contribution in [3.63, 3.8) is 0 Å². The highest BCUT2D eigenvalue weighted by Gasteiger charge is 2.11. The maximum atomic E-state index is 13.1. The standard InChI is InChI=1S/C9H6BrFOS/c1-12-6-4-13-7-3-2-5(11)9(10)8(6)7/h2-4H,1H3. The molecular weight excluding hydrogens is 255 g/mol. The van der Waals surface area contributed by atoms with E-state index in [1.54, 1.807) is 13.2 Å². The zero-order valence-corrected chi connectivity index (χ0v) is 9.21. The van der Waals surface area contributed by atoms with Crippen LogP contribution in [-0.2, 0) is 0 Å². The highest BCUT2D eigenvalue weighted by Crippen LogP contribution is 2.38. The molecule has 0 aliphatic heterocycles. The molecule has 0 bridgehead atoms. The molecule has 0 aliphatic rings. The van der Waals surface area contributed by atoms with E-state index in [1.165, 1.54) is 17.4 Å². The Morgan fingerprint density at radius 3 is 2.92 bits per heavy atom. The van der Waals surface area contributed by atoms with E-state index < -0.39 is 0 Å². The summed E-state index contributed by atoms with van der Waals surface area (Å²) in [5.41, 5.74) is 0. The van der Waals surface area contributed by atoms with Crippen LogP contribution in [0.2, 0.25) is 0 Å². The van der Waals surface area contributed by atoms with Gasteiger partial charge in [-0.3, -0.25) is 0 Å². The maximum absolute atomic E-state index is 13.1. The summed E-state index contributed by atoms with van der Waals surface area (Å²) in [4.78, 5) is 0. The van der Waals surface area contributed by atoms with Gasteiger partial charge in [0.25, 0.3) is 0 Å². The van der Waals surface area contributed by atoms with Crippen molar-refractivity contribution in [2.45, 2.75) is 0 Å². The third-order valence-corrected chi connectivity index (χ3v) is 3.52. The Hall–Kier alpha value is -0.610. The molecule has 0 saturated carbocycles. The third-order valence-electron chi connectivity index (χ3n) is 1.82. The number of ether oxygens (including phenoxy) is 1. The summed E-state index contributed by atoms with van der Waals surface area (Å²) < 4.78 is 19.8. The van der Waals surface area contributed by atoms with Gasteiger partial charge in [-0.1, -0.05) is 0 Å². The fourth-order valence-corrected chi connectivity index (χ4v) is 2.77. The van der Waals surface area contributed by atoms with Gasteiger partial charge in [0.1, 0.15) is 11.6 Å². The number of rotatable bonds is 1. The minimum atomic E-state index is -0.260. The SMILES string of the molecule is COc1csc2ccc(F)c(Br)c12. The average Bonchev–Trinajstić information content (AvgIpc) is 2.55. The van der Waals surface area contributed by atoms with Gasteiger partial charge >= 0.3 is 0 Å². The summed E-state index contributed by atoms with van der Waals surface area (Å²) in [6, 6.07) is 3.20. The van der Waals surface area contributed by atoms with Crippen molar-refractivity contribution < 1.29 is 9.13 Å². The van der Waals surface area contributed by atoms with Crippen LogP contribution in [-0.4, -0.2) is 7.11 Å². The highest BCUT2D eigenvalue weighted by molar-refractivity contribution is 9.10. The van der Waals surface area contributed by atoms with Crippen LogP contribution in [0.15, 0.2) is 22.0 Å². The Bertz CT molecular complexity index is 452. The molecule has 2 aromatic rings. The Labute approximate surface area is 87.3 Å². The van der Waals surface area contributed by atoms with E-state index in [-0.39, 0.29) is 5.82 Å². The molecule has 68 valence electrons. The van der Waals surface area contributed by atoms with Crippen molar-refractivity contribution in [3.05, 3.63) is 27.8 Å². The van der Waals surface area contributed by atoms with Crippen LogP contribution in [0.25, 0.3) is 10.1 Å². The van der Waals surface area contributed by atoms with E-state index in [9.17, 15) is 4.39 Å². The van der Waals surface area contributed by atoms with E-state index in [0.29, 0.717) is 10.2 Å². The first-order valence-corrected chi connectivity index (χ1v) is 5.30. The fourth-order valence-electron chi connectivity index (χ4n) is 1.19. The van der Waals surface area contributed by atoms with Gasteiger partial charge < -0.3 is 4.74 Å². The molecule has 1 nitrogen and oxygen atoms in total. The van der Waals surface area contributed by atoms with E-state index >= 15 is 0 Å².